The molecular weight excluding hydrogens is 763 g/mol. The molecule has 0 spiro atoms. The summed E-state index contributed by atoms with van der Waals surface area (Å²) >= 11 is 30.0. The Balaban J connectivity index is 5.51. The van der Waals surface area contributed by atoms with Crippen LogP contribution in [0.25, 0.3) is 0 Å². The summed E-state index contributed by atoms with van der Waals surface area (Å²) in [7, 11) is -1.73. The van der Waals surface area contributed by atoms with Crippen molar-refractivity contribution in [2.24, 2.45) is 0 Å². The van der Waals surface area contributed by atoms with E-state index in [4.69, 9.17) is 0 Å². The minimum Gasteiger partial charge on any atom is -0.0919 e. The van der Waals surface area contributed by atoms with E-state index in [2.05, 4.69) is 127 Å². The van der Waals surface area contributed by atoms with E-state index in [0.29, 0.717) is 17.8 Å². The molecule has 0 bridgehead atoms. The zero-order chi connectivity index (χ0) is 13.6. The molecule has 0 fully saturated rings. The molecule has 4 atom stereocenters. The number of halogens is 8. The second kappa shape index (κ2) is 10.7. The van der Waals surface area contributed by atoms with Crippen LogP contribution in [0.4, 0.5) is 0 Å². The van der Waals surface area contributed by atoms with E-state index in [9.17, 15) is 0 Å². The van der Waals surface area contributed by atoms with Crippen molar-refractivity contribution in [2.45, 2.75) is 17.8 Å². The van der Waals surface area contributed by atoms with Crippen molar-refractivity contribution in [3.05, 3.63) is 0 Å². The lowest BCUT2D eigenvalue weighted by Crippen LogP contribution is -2.68. The molecule has 4 unspecified atom stereocenters. The highest BCUT2D eigenvalue weighted by Crippen LogP contribution is 2.40. The first-order valence-electron chi connectivity index (χ1n) is 4.73. The predicted molar refractivity (Wildman–Crippen MR) is 112 cm³/mol. The highest BCUT2D eigenvalue weighted by atomic mass is 79.9. The van der Waals surface area contributed by atoms with E-state index in [-0.39, 0.29) is 0 Å². The number of hydrogen-bond donors (Lipinski definition) is 0. The predicted octanol–water partition coefficient (Wildman–Crippen LogP) is 6.23. The molecule has 17 heavy (non-hydrogen) atoms. The van der Waals surface area contributed by atoms with Gasteiger partial charge in [-0.3, -0.25) is 0 Å². The third-order valence-electron chi connectivity index (χ3n) is 2.71. The van der Waals surface area contributed by atoms with Crippen LogP contribution in [0.1, 0.15) is 0 Å². The maximum Gasteiger partial charge on any atom is 0.115 e. The fraction of sp³-hybridized carbons (Fsp3) is 1.00. The smallest absolute Gasteiger partial charge is 0.0919 e. The van der Waals surface area contributed by atoms with E-state index < -0.39 is 8.07 Å². The Hall–Kier alpha value is 4.06. The van der Waals surface area contributed by atoms with Crippen LogP contribution in [-0.2, 0) is 0 Å². The fourth-order valence-electron chi connectivity index (χ4n) is 1.71. The molecule has 0 aromatic rings. The highest BCUT2D eigenvalue weighted by Gasteiger charge is 2.54. The summed E-state index contributed by atoms with van der Waals surface area (Å²) in [6, 6.07) is 0. The van der Waals surface area contributed by atoms with Gasteiger partial charge < -0.3 is 0 Å². The van der Waals surface area contributed by atoms with Gasteiger partial charge in [0.05, 0.1) is 0 Å². The van der Waals surface area contributed by atoms with Crippen LogP contribution in [-0.4, -0.2) is 47.2 Å². The minimum absolute atomic E-state index is 0.473. The van der Waals surface area contributed by atoms with Gasteiger partial charge in [0.2, 0.25) is 0 Å². The topological polar surface area (TPSA) is 0 Å². The molecule has 0 saturated carbocycles. The van der Waals surface area contributed by atoms with Crippen LogP contribution in [0, 0.1) is 0 Å². The number of hydrogen-bond acceptors (Lipinski definition) is 0. The quantitative estimate of drug-likeness (QED) is 0.203. The first-order valence-corrected chi connectivity index (χ1v) is 15.2. The number of alkyl halides is 8. The van der Waals surface area contributed by atoms with Crippen LogP contribution in [0.2, 0.25) is 0 Å². The van der Waals surface area contributed by atoms with Gasteiger partial charge in [-0.25, -0.2) is 0 Å². The molecule has 0 nitrogen and oxygen atoms in total. The summed E-state index contributed by atoms with van der Waals surface area (Å²) in [5, 5.41) is 3.83. The van der Waals surface area contributed by atoms with E-state index >= 15 is 0 Å². The lowest BCUT2D eigenvalue weighted by molar-refractivity contribution is 1.09. The first kappa shape index (κ1) is 21.1. The lowest BCUT2D eigenvalue weighted by Gasteiger charge is -2.45. The molecule has 0 amide bonds. The van der Waals surface area contributed by atoms with Crippen LogP contribution < -0.4 is 0 Å². The summed E-state index contributed by atoms with van der Waals surface area (Å²) in [6.07, 6.45) is 0. The number of rotatable bonds is 8. The minimum atomic E-state index is -1.73. The van der Waals surface area contributed by atoms with Gasteiger partial charge in [-0.05, 0) is 0 Å². The van der Waals surface area contributed by atoms with Crippen molar-refractivity contribution in [3.8, 4) is 0 Å². The summed E-state index contributed by atoms with van der Waals surface area (Å²) in [6.45, 7) is 0. The largest absolute Gasteiger partial charge is 0.115 e. The second-order valence-electron chi connectivity index (χ2n) is 3.49. The van der Waals surface area contributed by atoms with Gasteiger partial charge in [-0.2, -0.15) is 0 Å². The van der Waals surface area contributed by atoms with E-state index in [1.54, 1.807) is 0 Å². The van der Waals surface area contributed by atoms with Gasteiger partial charge in [0.1, 0.15) is 8.07 Å². The molecular formula is C8H12Br8Si. The molecule has 0 rings (SSSR count). The van der Waals surface area contributed by atoms with E-state index in [1.165, 1.54) is 0 Å². The van der Waals surface area contributed by atoms with Crippen molar-refractivity contribution in [1.29, 1.82) is 0 Å². The van der Waals surface area contributed by atoms with E-state index in [1.807, 2.05) is 0 Å². The molecule has 0 aromatic heterocycles. The Morgan fingerprint density at radius 2 is 0.706 bits per heavy atom. The van der Waals surface area contributed by atoms with Crippen LogP contribution in [0.15, 0.2) is 0 Å². The molecule has 0 aromatic carbocycles. The molecule has 0 N–H and O–H groups in total. The SMILES string of the molecule is BrCC(Br)[Si](C(Br)CBr)(C(Br)CBr)C(Br)CBr. The summed E-state index contributed by atoms with van der Waals surface area (Å²) in [5.41, 5.74) is 0. The van der Waals surface area contributed by atoms with Gasteiger partial charge in [-0.15, -0.1) is 0 Å². The third-order valence-corrected chi connectivity index (χ3v) is 27.1. The molecule has 0 aliphatic rings. The Labute approximate surface area is 172 Å². The van der Waals surface area contributed by atoms with Crippen molar-refractivity contribution in [2.75, 3.05) is 21.3 Å². The zero-order valence-corrected chi connectivity index (χ0v) is 22.3. The molecule has 9 heteroatoms. The molecule has 0 radical (unpaired) electrons. The van der Waals surface area contributed by atoms with Crippen molar-refractivity contribution < 1.29 is 0 Å². The van der Waals surface area contributed by atoms with Gasteiger partial charge in [0.25, 0.3) is 0 Å². The molecule has 0 aliphatic heterocycles. The molecule has 104 valence electrons. The van der Waals surface area contributed by atoms with Crippen molar-refractivity contribution >= 4 is 136 Å². The Kier molecular flexibility index (Phi) is 13.3. The van der Waals surface area contributed by atoms with Gasteiger partial charge in [0, 0.05) is 39.1 Å². The third kappa shape index (κ3) is 5.03. The second-order valence-corrected chi connectivity index (χ2v) is 18.7. The average Bonchev–Trinajstić information content (AvgIpc) is 2.37. The van der Waals surface area contributed by atoms with Gasteiger partial charge in [-0.1, -0.05) is 127 Å². The van der Waals surface area contributed by atoms with Crippen LogP contribution >= 0.6 is 127 Å². The van der Waals surface area contributed by atoms with Crippen LogP contribution in [0.3, 0.4) is 0 Å². The maximum absolute atomic E-state index is 3.89. The Morgan fingerprint density at radius 1 is 0.529 bits per heavy atom. The maximum atomic E-state index is 3.89. The van der Waals surface area contributed by atoms with E-state index in [0.717, 1.165) is 21.3 Å². The summed E-state index contributed by atoms with van der Waals surface area (Å²) in [5.74, 6) is 0. The Morgan fingerprint density at radius 3 is 0.824 bits per heavy atom. The monoisotopic (exact) mass is 767 g/mol. The summed E-state index contributed by atoms with van der Waals surface area (Å²) in [4.78, 5) is 0. The standard InChI is InChI=1S/C8H12Br8Si/c9-1-5(13)17(6(14)2-10,7(15)3-11)8(16)4-12/h5-8H,1-4H2. The van der Waals surface area contributed by atoms with Crippen molar-refractivity contribution in [3.63, 3.8) is 0 Å². The normalized spacial score (nSPS) is 22.6. The first-order chi connectivity index (χ1) is 7.93. The van der Waals surface area contributed by atoms with Crippen LogP contribution in [0.5, 0.6) is 0 Å². The highest BCUT2D eigenvalue weighted by molar-refractivity contribution is 9.15. The summed E-state index contributed by atoms with van der Waals surface area (Å²) < 4.78 is 1.89. The molecule has 0 heterocycles. The fourth-order valence-corrected chi connectivity index (χ4v) is 29.7. The molecule has 0 saturated heterocycles. The van der Waals surface area contributed by atoms with Crippen molar-refractivity contribution in [1.82, 2.24) is 0 Å². The van der Waals surface area contributed by atoms with Gasteiger partial charge in [0.15, 0.2) is 0 Å². The Bertz CT molecular complexity index is 170. The molecule has 0 aliphatic carbocycles. The zero-order valence-electron chi connectivity index (χ0n) is 8.66. The average molecular weight is 776 g/mol. The van der Waals surface area contributed by atoms with Gasteiger partial charge >= 0.3 is 0 Å². The lowest BCUT2D eigenvalue weighted by atomic mass is 10.9.